The summed E-state index contributed by atoms with van der Waals surface area (Å²) < 4.78 is 17.0. The van der Waals surface area contributed by atoms with E-state index in [0.717, 1.165) is 21.9 Å². The summed E-state index contributed by atoms with van der Waals surface area (Å²) >= 11 is 0. The maximum Gasteiger partial charge on any atom is 0.361 e. The van der Waals surface area contributed by atoms with Gasteiger partial charge >= 0.3 is 5.97 Å². The Bertz CT molecular complexity index is 1160. The van der Waals surface area contributed by atoms with Gasteiger partial charge in [-0.2, -0.15) is 0 Å². The second-order valence-corrected chi connectivity index (χ2v) is 7.05. The summed E-state index contributed by atoms with van der Waals surface area (Å²) in [7, 11) is 1.60. The summed E-state index contributed by atoms with van der Waals surface area (Å²) in [5, 5.41) is 1.68. The number of carbonyl (C=O) groups excluding carboxylic acids is 1. The largest absolute Gasteiger partial charge is 0.486 e. The molecule has 0 unspecified atom stereocenters. The molecule has 0 radical (unpaired) electrons. The topological polar surface area (TPSA) is 57.7 Å². The third-order valence-corrected chi connectivity index (χ3v) is 4.86. The van der Waals surface area contributed by atoms with Crippen molar-refractivity contribution >= 4 is 16.7 Å². The fraction of sp³-hybridized carbons (Fsp3) is 0.154. The number of ether oxygens (including phenoxy) is 3. The van der Waals surface area contributed by atoms with Crippen molar-refractivity contribution in [1.82, 2.24) is 4.98 Å². The van der Waals surface area contributed by atoms with Gasteiger partial charge in [-0.1, -0.05) is 84.9 Å². The van der Waals surface area contributed by atoms with Gasteiger partial charge in [-0.05, 0) is 11.1 Å². The minimum absolute atomic E-state index is 0.151. The number of methoxy groups -OCH3 is 1. The first kappa shape index (κ1) is 20.6. The Hall–Kier alpha value is -3.70. The van der Waals surface area contributed by atoms with Crippen molar-refractivity contribution < 1.29 is 19.0 Å². The molecular formula is C26H23NO4. The number of benzene rings is 3. The summed E-state index contributed by atoms with van der Waals surface area (Å²) in [5.41, 5.74) is 2.71. The van der Waals surface area contributed by atoms with Crippen LogP contribution < -0.4 is 4.74 Å². The Morgan fingerprint density at radius 3 is 1.97 bits per heavy atom. The molecule has 0 aliphatic carbocycles. The molecule has 4 rings (SSSR count). The number of rotatable bonds is 8. The lowest BCUT2D eigenvalue weighted by molar-refractivity contribution is 0.0459. The molecule has 0 N–H and O–H groups in total. The highest BCUT2D eigenvalue weighted by Gasteiger charge is 2.22. The van der Waals surface area contributed by atoms with Crippen LogP contribution in [0.5, 0.6) is 5.75 Å². The van der Waals surface area contributed by atoms with E-state index in [1.54, 1.807) is 7.11 Å². The van der Waals surface area contributed by atoms with Gasteiger partial charge in [0.1, 0.15) is 13.2 Å². The number of esters is 1. The van der Waals surface area contributed by atoms with Crippen molar-refractivity contribution in [2.24, 2.45) is 0 Å². The summed E-state index contributed by atoms with van der Waals surface area (Å²) in [6.45, 7) is 0.749. The molecule has 0 aliphatic rings. The Morgan fingerprint density at radius 1 is 0.742 bits per heavy atom. The minimum atomic E-state index is -0.532. The molecule has 0 saturated heterocycles. The smallest absolute Gasteiger partial charge is 0.361 e. The second kappa shape index (κ2) is 9.87. The van der Waals surface area contributed by atoms with Gasteiger partial charge in [0.15, 0.2) is 11.4 Å². The van der Waals surface area contributed by atoms with E-state index < -0.39 is 5.97 Å². The van der Waals surface area contributed by atoms with Gasteiger partial charge in [-0.3, -0.25) is 0 Å². The standard InChI is InChI=1S/C26H23NO4/c1-29-18-23-21-14-8-9-15-22(21)25(30-16-19-10-4-2-5-11-19)24(27-23)26(28)31-17-20-12-6-3-7-13-20/h2-15H,16-18H2,1H3. The fourth-order valence-electron chi connectivity index (χ4n) is 3.36. The van der Waals surface area contributed by atoms with E-state index in [9.17, 15) is 4.79 Å². The average Bonchev–Trinajstić information content (AvgIpc) is 2.83. The zero-order valence-electron chi connectivity index (χ0n) is 17.3. The van der Waals surface area contributed by atoms with E-state index in [1.807, 2.05) is 84.9 Å². The molecule has 0 bridgehead atoms. The van der Waals surface area contributed by atoms with Gasteiger partial charge in [0.25, 0.3) is 0 Å². The number of carbonyl (C=O) groups is 1. The monoisotopic (exact) mass is 413 g/mol. The van der Waals surface area contributed by atoms with Gasteiger partial charge in [0.2, 0.25) is 0 Å². The van der Waals surface area contributed by atoms with E-state index in [4.69, 9.17) is 14.2 Å². The molecular weight excluding hydrogens is 390 g/mol. The van der Waals surface area contributed by atoms with E-state index in [0.29, 0.717) is 18.1 Å². The van der Waals surface area contributed by atoms with Crippen molar-refractivity contribution in [3.8, 4) is 5.75 Å². The molecule has 0 spiro atoms. The first-order valence-corrected chi connectivity index (χ1v) is 10.0. The van der Waals surface area contributed by atoms with Gasteiger partial charge in [-0.25, -0.2) is 9.78 Å². The van der Waals surface area contributed by atoms with Crippen LogP contribution in [0, 0.1) is 0 Å². The lowest BCUT2D eigenvalue weighted by Crippen LogP contribution is -2.13. The normalized spacial score (nSPS) is 10.7. The highest BCUT2D eigenvalue weighted by atomic mass is 16.5. The van der Waals surface area contributed by atoms with Crippen molar-refractivity contribution in [3.05, 3.63) is 107 Å². The molecule has 0 fully saturated rings. The van der Waals surface area contributed by atoms with Crippen LogP contribution in [0.15, 0.2) is 84.9 Å². The van der Waals surface area contributed by atoms with E-state index >= 15 is 0 Å². The molecule has 0 aliphatic heterocycles. The molecule has 1 aromatic heterocycles. The highest BCUT2D eigenvalue weighted by molar-refractivity contribution is 6.00. The molecule has 5 heteroatoms. The number of hydrogen-bond donors (Lipinski definition) is 0. The molecule has 0 amide bonds. The number of fused-ring (bicyclic) bond motifs is 1. The van der Waals surface area contributed by atoms with Crippen LogP contribution >= 0.6 is 0 Å². The molecule has 1 heterocycles. The summed E-state index contributed by atoms with van der Waals surface area (Å²) in [6.07, 6.45) is 0. The molecule has 0 saturated carbocycles. The van der Waals surface area contributed by atoms with Crippen molar-refractivity contribution in [2.45, 2.75) is 19.8 Å². The van der Waals surface area contributed by atoms with E-state index in [1.165, 1.54) is 0 Å². The first-order valence-electron chi connectivity index (χ1n) is 10.0. The predicted molar refractivity (Wildman–Crippen MR) is 119 cm³/mol. The van der Waals surface area contributed by atoms with Crippen LogP contribution in [0.4, 0.5) is 0 Å². The van der Waals surface area contributed by atoms with Gasteiger partial charge < -0.3 is 14.2 Å². The Balaban J connectivity index is 1.71. The third-order valence-electron chi connectivity index (χ3n) is 4.86. The first-order chi connectivity index (χ1) is 15.3. The number of nitrogens with zero attached hydrogens (tertiary/aromatic N) is 1. The SMILES string of the molecule is COCc1nc(C(=O)OCc2ccccc2)c(OCc2ccccc2)c2ccccc12. The lowest BCUT2D eigenvalue weighted by atomic mass is 10.1. The van der Waals surface area contributed by atoms with E-state index in [-0.39, 0.29) is 18.9 Å². The van der Waals surface area contributed by atoms with Crippen molar-refractivity contribution in [2.75, 3.05) is 7.11 Å². The zero-order valence-corrected chi connectivity index (χ0v) is 17.3. The van der Waals surface area contributed by atoms with Crippen LogP contribution in [0.1, 0.15) is 27.3 Å². The summed E-state index contributed by atoms with van der Waals surface area (Å²) in [4.78, 5) is 17.6. The summed E-state index contributed by atoms with van der Waals surface area (Å²) in [5.74, 6) is -0.118. The van der Waals surface area contributed by atoms with Crippen LogP contribution in [0.3, 0.4) is 0 Å². The van der Waals surface area contributed by atoms with Crippen LogP contribution in [0.25, 0.3) is 10.8 Å². The predicted octanol–water partition coefficient (Wildman–Crippen LogP) is 5.32. The van der Waals surface area contributed by atoms with Crippen LogP contribution in [0.2, 0.25) is 0 Å². The molecule has 5 nitrogen and oxygen atoms in total. The van der Waals surface area contributed by atoms with Gasteiger partial charge in [0.05, 0.1) is 12.3 Å². The molecule has 3 aromatic carbocycles. The second-order valence-electron chi connectivity index (χ2n) is 7.05. The van der Waals surface area contributed by atoms with Gasteiger partial charge in [-0.15, -0.1) is 0 Å². The molecule has 31 heavy (non-hydrogen) atoms. The highest BCUT2D eigenvalue weighted by Crippen LogP contribution is 2.32. The Kier molecular flexibility index (Phi) is 6.55. The zero-order chi connectivity index (χ0) is 21.5. The van der Waals surface area contributed by atoms with Crippen LogP contribution in [-0.4, -0.2) is 18.1 Å². The lowest BCUT2D eigenvalue weighted by Gasteiger charge is -2.16. The van der Waals surface area contributed by atoms with Crippen molar-refractivity contribution in [3.63, 3.8) is 0 Å². The summed E-state index contributed by atoms with van der Waals surface area (Å²) in [6, 6.07) is 27.1. The molecule has 4 aromatic rings. The Morgan fingerprint density at radius 2 is 1.32 bits per heavy atom. The maximum absolute atomic E-state index is 13.0. The average molecular weight is 413 g/mol. The fourth-order valence-corrected chi connectivity index (χ4v) is 3.36. The third kappa shape index (κ3) is 4.90. The number of hydrogen-bond acceptors (Lipinski definition) is 5. The van der Waals surface area contributed by atoms with Crippen molar-refractivity contribution in [1.29, 1.82) is 0 Å². The van der Waals surface area contributed by atoms with Gasteiger partial charge in [0, 0.05) is 17.9 Å². The maximum atomic E-state index is 13.0. The minimum Gasteiger partial charge on any atom is -0.486 e. The van der Waals surface area contributed by atoms with E-state index in [2.05, 4.69) is 4.98 Å². The Labute approximate surface area is 181 Å². The quantitative estimate of drug-likeness (QED) is 0.366. The molecule has 156 valence electrons. The number of pyridine rings is 1. The number of aromatic nitrogens is 1. The molecule has 0 atom stereocenters. The van der Waals surface area contributed by atoms with Crippen LogP contribution in [-0.2, 0) is 29.3 Å².